The minimum atomic E-state index is -0.271. The van der Waals surface area contributed by atoms with Crippen LogP contribution in [-0.4, -0.2) is 66.0 Å². The first kappa shape index (κ1) is 24.3. The van der Waals surface area contributed by atoms with Gasteiger partial charge in [-0.05, 0) is 51.8 Å². The molecule has 0 N–H and O–H groups in total. The lowest BCUT2D eigenvalue weighted by Gasteiger charge is -2.32. The Kier molecular flexibility index (Phi) is 8.08. The monoisotopic (exact) mass is 457 g/mol. The number of aromatic nitrogens is 1. The number of benzene rings is 1. The molecule has 0 unspecified atom stereocenters. The predicted octanol–water partition coefficient (Wildman–Crippen LogP) is 2.74. The highest BCUT2D eigenvalue weighted by molar-refractivity contribution is 5.96. The predicted molar refractivity (Wildman–Crippen MR) is 120 cm³/mol. The molecule has 2 aromatic rings. The highest BCUT2D eigenvalue weighted by Crippen LogP contribution is 2.21. The van der Waals surface area contributed by atoms with E-state index in [-0.39, 0.29) is 36.9 Å². The van der Waals surface area contributed by atoms with Crippen LogP contribution in [0.3, 0.4) is 0 Å². The van der Waals surface area contributed by atoms with Gasteiger partial charge in [-0.25, -0.2) is 0 Å². The quantitative estimate of drug-likeness (QED) is 0.562. The van der Waals surface area contributed by atoms with Crippen molar-refractivity contribution in [3.05, 3.63) is 46.8 Å². The third kappa shape index (κ3) is 6.12. The maximum atomic E-state index is 12.9. The average molecular weight is 458 g/mol. The number of piperidine rings is 1. The van der Waals surface area contributed by atoms with Crippen molar-refractivity contribution in [1.82, 2.24) is 15.0 Å². The first-order chi connectivity index (χ1) is 15.8. The number of hydrogen-bond donors (Lipinski definition) is 0. The van der Waals surface area contributed by atoms with Crippen LogP contribution in [0.4, 0.5) is 0 Å². The minimum absolute atomic E-state index is 0.0347. The minimum Gasteiger partial charge on any atom is -0.489 e. The van der Waals surface area contributed by atoms with Crippen molar-refractivity contribution >= 4 is 17.8 Å². The molecule has 9 heteroatoms. The molecule has 0 aliphatic carbocycles. The Morgan fingerprint density at radius 1 is 1.21 bits per heavy atom. The summed E-state index contributed by atoms with van der Waals surface area (Å²) in [7, 11) is 1.60. The molecule has 0 bridgehead atoms. The number of carbonyl (C=O) groups is 3. The normalized spacial score (nSPS) is 14.1. The van der Waals surface area contributed by atoms with Crippen LogP contribution in [0.25, 0.3) is 0 Å². The summed E-state index contributed by atoms with van der Waals surface area (Å²) in [6, 6.07) is 6.86. The van der Waals surface area contributed by atoms with Gasteiger partial charge >= 0.3 is 5.97 Å². The van der Waals surface area contributed by atoms with Crippen LogP contribution in [0, 0.1) is 19.8 Å². The van der Waals surface area contributed by atoms with Gasteiger partial charge < -0.3 is 23.8 Å². The van der Waals surface area contributed by atoms with Crippen LogP contribution in [0.5, 0.6) is 5.75 Å². The summed E-state index contributed by atoms with van der Waals surface area (Å²) < 4.78 is 16.0. The lowest BCUT2D eigenvalue weighted by Crippen LogP contribution is -2.45. The van der Waals surface area contributed by atoms with E-state index < -0.39 is 0 Å². The molecule has 2 amide bonds. The van der Waals surface area contributed by atoms with E-state index >= 15 is 0 Å². The molecule has 33 heavy (non-hydrogen) atoms. The van der Waals surface area contributed by atoms with Gasteiger partial charge in [0.15, 0.2) is 0 Å². The molecule has 0 atom stereocenters. The molecule has 1 saturated heterocycles. The van der Waals surface area contributed by atoms with E-state index in [4.69, 9.17) is 14.0 Å². The van der Waals surface area contributed by atoms with Crippen LogP contribution in [0.2, 0.25) is 0 Å². The van der Waals surface area contributed by atoms with E-state index in [0.29, 0.717) is 49.6 Å². The van der Waals surface area contributed by atoms with Crippen LogP contribution in [0.15, 0.2) is 28.8 Å². The van der Waals surface area contributed by atoms with Gasteiger partial charge in [0.05, 0.1) is 30.3 Å². The lowest BCUT2D eigenvalue weighted by molar-refractivity contribution is -0.151. The van der Waals surface area contributed by atoms with Crippen molar-refractivity contribution < 1.29 is 28.4 Å². The topological polar surface area (TPSA) is 102 Å². The van der Waals surface area contributed by atoms with Gasteiger partial charge in [-0.3, -0.25) is 14.4 Å². The summed E-state index contributed by atoms with van der Waals surface area (Å²) in [6.07, 6.45) is 1.15. The Hall–Kier alpha value is -3.36. The van der Waals surface area contributed by atoms with E-state index in [1.807, 2.05) is 13.8 Å². The highest BCUT2D eigenvalue weighted by Gasteiger charge is 2.29. The third-order valence-electron chi connectivity index (χ3n) is 5.83. The fourth-order valence-electron chi connectivity index (χ4n) is 3.80. The van der Waals surface area contributed by atoms with Gasteiger partial charge in [0.25, 0.3) is 5.91 Å². The standard InChI is InChI=1S/C24H31N3O6/c1-5-31-24(30)18-9-11-27(12-10-18)22(28)14-26(4)23(29)19-7-6-8-20(13-19)32-15-21-16(2)25-33-17(21)3/h6-8,13,18H,5,9-12,14-15H2,1-4H3. The van der Waals surface area contributed by atoms with Crippen LogP contribution < -0.4 is 4.74 Å². The van der Waals surface area contributed by atoms with Gasteiger partial charge in [-0.2, -0.15) is 0 Å². The number of rotatable bonds is 8. The molecule has 1 aromatic heterocycles. The number of aryl methyl sites for hydroxylation is 2. The van der Waals surface area contributed by atoms with Crippen molar-refractivity contribution in [3.8, 4) is 5.75 Å². The summed E-state index contributed by atoms with van der Waals surface area (Å²) in [5, 5.41) is 3.91. The first-order valence-electron chi connectivity index (χ1n) is 11.1. The fourth-order valence-corrected chi connectivity index (χ4v) is 3.80. The molecule has 3 rings (SSSR count). The number of esters is 1. The zero-order valence-corrected chi connectivity index (χ0v) is 19.6. The molecule has 1 aliphatic rings. The second kappa shape index (κ2) is 11.0. The van der Waals surface area contributed by atoms with Gasteiger partial charge in [0, 0.05) is 25.7 Å². The first-order valence-corrected chi connectivity index (χ1v) is 11.1. The van der Waals surface area contributed by atoms with E-state index in [9.17, 15) is 14.4 Å². The van der Waals surface area contributed by atoms with Crippen molar-refractivity contribution in [2.75, 3.05) is 33.3 Å². The summed E-state index contributed by atoms with van der Waals surface area (Å²) in [5.74, 6) is 0.465. The van der Waals surface area contributed by atoms with Crippen molar-refractivity contribution in [1.29, 1.82) is 0 Å². The van der Waals surface area contributed by atoms with Crippen LogP contribution in [0.1, 0.15) is 47.1 Å². The summed E-state index contributed by atoms with van der Waals surface area (Å²) in [5.41, 5.74) is 2.08. The maximum absolute atomic E-state index is 12.9. The summed E-state index contributed by atoms with van der Waals surface area (Å²) >= 11 is 0. The molecule has 178 valence electrons. The zero-order chi connectivity index (χ0) is 24.0. The molecule has 1 aliphatic heterocycles. The lowest BCUT2D eigenvalue weighted by atomic mass is 9.97. The average Bonchev–Trinajstić information content (AvgIpc) is 3.14. The van der Waals surface area contributed by atoms with Crippen LogP contribution >= 0.6 is 0 Å². The molecular weight excluding hydrogens is 426 g/mol. The Bertz CT molecular complexity index is 974. The SMILES string of the molecule is CCOC(=O)C1CCN(C(=O)CN(C)C(=O)c2cccc(OCc3c(C)noc3C)c2)CC1. The van der Waals surface area contributed by atoms with E-state index in [1.54, 1.807) is 43.1 Å². The summed E-state index contributed by atoms with van der Waals surface area (Å²) in [6.45, 7) is 7.03. The van der Waals surface area contributed by atoms with Crippen molar-refractivity contribution in [3.63, 3.8) is 0 Å². The Morgan fingerprint density at radius 2 is 1.94 bits per heavy atom. The molecule has 0 spiro atoms. The molecule has 0 radical (unpaired) electrons. The zero-order valence-electron chi connectivity index (χ0n) is 19.6. The second-order valence-electron chi connectivity index (χ2n) is 8.19. The van der Waals surface area contributed by atoms with Crippen LogP contribution in [-0.2, 0) is 20.9 Å². The number of ether oxygens (including phenoxy) is 2. The molecule has 2 heterocycles. The number of likely N-dealkylation sites (tertiary alicyclic amines) is 1. The van der Waals surface area contributed by atoms with Crippen molar-refractivity contribution in [2.45, 2.75) is 40.2 Å². The number of hydrogen-bond acceptors (Lipinski definition) is 7. The Balaban J connectivity index is 1.53. The smallest absolute Gasteiger partial charge is 0.309 e. The second-order valence-corrected chi connectivity index (χ2v) is 8.19. The molecule has 1 aromatic carbocycles. The molecule has 9 nitrogen and oxygen atoms in total. The van der Waals surface area contributed by atoms with Gasteiger partial charge in [-0.15, -0.1) is 0 Å². The van der Waals surface area contributed by atoms with E-state index in [1.165, 1.54) is 4.90 Å². The van der Waals surface area contributed by atoms with Crippen molar-refractivity contribution in [2.24, 2.45) is 5.92 Å². The van der Waals surface area contributed by atoms with Gasteiger partial charge in [0.2, 0.25) is 5.91 Å². The number of nitrogens with zero attached hydrogens (tertiary/aromatic N) is 3. The fraction of sp³-hybridized carbons (Fsp3) is 0.500. The Morgan fingerprint density at radius 3 is 2.58 bits per heavy atom. The van der Waals surface area contributed by atoms with E-state index in [2.05, 4.69) is 5.16 Å². The van der Waals surface area contributed by atoms with Gasteiger partial charge in [-0.1, -0.05) is 11.2 Å². The maximum Gasteiger partial charge on any atom is 0.309 e. The number of likely N-dealkylation sites (N-methyl/N-ethyl adjacent to an activating group) is 1. The highest BCUT2D eigenvalue weighted by atomic mass is 16.5. The number of amides is 2. The molecule has 0 saturated carbocycles. The Labute approximate surface area is 193 Å². The largest absolute Gasteiger partial charge is 0.489 e. The third-order valence-corrected chi connectivity index (χ3v) is 5.83. The van der Waals surface area contributed by atoms with E-state index in [0.717, 1.165) is 11.3 Å². The van der Waals surface area contributed by atoms with Gasteiger partial charge in [0.1, 0.15) is 18.1 Å². The summed E-state index contributed by atoms with van der Waals surface area (Å²) in [4.78, 5) is 40.5. The number of carbonyl (C=O) groups excluding carboxylic acids is 3. The molecule has 1 fully saturated rings. The molecular formula is C24H31N3O6.